The Bertz CT molecular complexity index is 581. The highest BCUT2D eigenvalue weighted by Crippen LogP contribution is 2.42. The van der Waals surface area contributed by atoms with Gasteiger partial charge in [-0.15, -0.1) is 0 Å². The number of piperidine rings is 1. The molecule has 2 fully saturated rings. The molecule has 0 radical (unpaired) electrons. The van der Waals surface area contributed by atoms with Crippen LogP contribution < -0.4 is 0 Å². The van der Waals surface area contributed by atoms with E-state index in [4.69, 9.17) is 0 Å². The van der Waals surface area contributed by atoms with Crippen molar-refractivity contribution in [3.8, 4) is 0 Å². The number of aliphatic hydroxyl groups excluding tert-OH is 1. The third kappa shape index (κ3) is 3.34. The van der Waals surface area contributed by atoms with Crippen molar-refractivity contribution in [3.05, 3.63) is 35.6 Å². The van der Waals surface area contributed by atoms with E-state index in [0.717, 1.165) is 57.1 Å². The smallest absolute Gasteiger partial charge is 0.233 e. The lowest BCUT2D eigenvalue weighted by atomic mass is 9.68. The summed E-state index contributed by atoms with van der Waals surface area (Å²) < 4.78 is 13.8. The summed E-state index contributed by atoms with van der Waals surface area (Å²) >= 11 is 0. The lowest BCUT2D eigenvalue weighted by molar-refractivity contribution is -0.141. The van der Waals surface area contributed by atoms with E-state index >= 15 is 0 Å². The van der Waals surface area contributed by atoms with Crippen molar-refractivity contribution >= 4 is 5.91 Å². The lowest BCUT2D eigenvalue weighted by Crippen LogP contribution is -2.52. The normalized spacial score (nSPS) is 25.3. The number of likely N-dealkylation sites (tertiary alicyclic amines) is 1. The van der Waals surface area contributed by atoms with Gasteiger partial charge < -0.3 is 10.0 Å². The molecular weight excluding hydrogens is 305 g/mol. The molecule has 1 N–H and O–H groups in total. The van der Waals surface area contributed by atoms with Crippen LogP contribution in [0.4, 0.5) is 4.39 Å². The Labute approximate surface area is 143 Å². The van der Waals surface area contributed by atoms with Gasteiger partial charge in [0.05, 0.1) is 11.5 Å². The van der Waals surface area contributed by atoms with Crippen LogP contribution >= 0.6 is 0 Å². The molecule has 2 aliphatic rings. The van der Waals surface area contributed by atoms with E-state index in [0.29, 0.717) is 6.54 Å². The Morgan fingerprint density at radius 2 is 2.04 bits per heavy atom. The minimum atomic E-state index is -0.582. The fourth-order valence-electron chi connectivity index (χ4n) is 4.46. The zero-order chi connectivity index (χ0) is 17.2. The number of rotatable bonds is 3. The number of nitrogens with zero attached hydrogens (tertiary/aromatic N) is 1. The molecule has 0 bridgehead atoms. The average Bonchev–Trinajstić information content (AvgIpc) is 2.61. The van der Waals surface area contributed by atoms with Crippen molar-refractivity contribution in [3.63, 3.8) is 0 Å². The quantitative estimate of drug-likeness (QED) is 0.917. The monoisotopic (exact) mass is 333 g/mol. The summed E-state index contributed by atoms with van der Waals surface area (Å²) in [6.45, 7) is 3.17. The van der Waals surface area contributed by atoms with Gasteiger partial charge in [0.1, 0.15) is 5.82 Å². The van der Waals surface area contributed by atoms with E-state index < -0.39 is 11.5 Å². The van der Waals surface area contributed by atoms with Crippen LogP contribution in [0.1, 0.15) is 57.4 Å². The van der Waals surface area contributed by atoms with Crippen LogP contribution in [0.15, 0.2) is 24.3 Å². The molecule has 1 saturated heterocycles. The standard InChI is InChI=1S/C20H28FNO2/c1-15(23)16-7-6-12-22(14-16)19(24)20(10-3-2-4-11-20)17-8-5-9-18(21)13-17/h5,8-9,13,15-16,23H,2-4,6-7,10-12,14H2,1H3. The number of hydrogen-bond donors (Lipinski definition) is 1. The summed E-state index contributed by atoms with van der Waals surface area (Å²) in [5.74, 6) is 0.0137. The first kappa shape index (κ1) is 17.4. The highest BCUT2D eigenvalue weighted by atomic mass is 19.1. The fourth-order valence-corrected chi connectivity index (χ4v) is 4.46. The van der Waals surface area contributed by atoms with E-state index in [1.165, 1.54) is 6.07 Å². The highest BCUT2D eigenvalue weighted by Gasteiger charge is 2.44. The first-order valence-electron chi connectivity index (χ1n) is 9.26. The third-order valence-electron chi connectivity index (χ3n) is 5.92. The Hall–Kier alpha value is -1.42. The second kappa shape index (κ2) is 7.22. The fraction of sp³-hybridized carbons (Fsp3) is 0.650. The summed E-state index contributed by atoms with van der Waals surface area (Å²) in [4.78, 5) is 15.4. The average molecular weight is 333 g/mol. The molecule has 3 rings (SSSR count). The maximum Gasteiger partial charge on any atom is 0.233 e. The SMILES string of the molecule is CC(O)C1CCCN(C(=O)C2(c3cccc(F)c3)CCCCC2)C1. The largest absolute Gasteiger partial charge is 0.393 e. The van der Waals surface area contributed by atoms with Gasteiger partial charge in [-0.3, -0.25) is 4.79 Å². The van der Waals surface area contributed by atoms with Gasteiger partial charge in [-0.05, 0) is 50.3 Å². The topological polar surface area (TPSA) is 40.5 Å². The zero-order valence-electron chi connectivity index (χ0n) is 14.5. The van der Waals surface area contributed by atoms with Crippen LogP contribution in [0.2, 0.25) is 0 Å². The van der Waals surface area contributed by atoms with E-state index in [-0.39, 0.29) is 17.6 Å². The molecule has 1 amide bonds. The zero-order valence-corrected chi connectivity index (χ0v) is 14.5. The van der Waals surface area contributed by atoms with Gasteiger partial charge in [0, 0.05) is 19.0 Å². The molecule has 1 aliphatic carbocycles. The first-order valence-corrected chi connectivity index (χ1v) is 9.26. The molecule has 1 aromatic carbocycles. The number of halogens is 1. The van der Waals surface area contributed by atoms with Crippen molar-refractivity contribution in [2.45, 2.75) is 63.4 Å². The molecule has 4 heteroatoms. The molecule has 1 aliphatic heterocycles. The van der Waals surface area contributed by atoms with Crippen LogP contribution in [-0.2, 0) is 10.2 Å². The second-order valence-corrected chi connectivity index (χ2v) is 7.55. The van der Waals surface area contributed by atoms with E-state index in [1.54, 1.807) is 12.1 Å². The summed E-state index contributed by atoms with van der Waals surface area (Å²) in [5.41, 5.74) is 0.243. The van der Waals surface area contributed by atoms with Gasteiger partial charge in [-0.25, -0.2) is 4.39 Å². The molecular formula is C20H28FNO2. The van der Waals surface area contributed by atoms with Crippen LogP contribution in [0, 0.1) is 11.7 Å². The molecule has 0 spiro atoms. The van der Waals surface area contributed by atoms with E-state index in [9.17, 15) is 14.3 Å². The van der Waals surface area contributed by atoms with Gasteiger partial charge in [-0.1, -0.05) is 31.4 Å². The Morgan fingerprint density at radius 1 is 1.29 bits per heavy atom. The van der Waals surface area contributed by atoms with Crippen LogP contribution in [-0.4, -0.2) is 35.1 Å². The third-order valence-corrected chi connectivity index (χ3v) is 5.92. The molecule has 1 aromatic rings. The van der Waals surface area contributed by atoms with Crippen molar-refractivity contribution in [1.29, 1.82) is 0 Å². The van der Waals surface area contributed by atoms with Gasteiger partial charge in [0.2, 0.25) is 5.91 Å². The Kier molecular flexibility index (Phi) is 5.24. The second-order valence-electron chi connectivity index (χ2n) is 7.55. The highest BCUT2D eigenvalue weighted by molar-refractivity contribution is 5.88. The number of benzene rings is 1. The van der Waals surface area contributed by atoms with Crippen LogP contribution in [0.25, 0.3) is 0 Å². The predicted octanol–water partition coefficient (Wildman–Crippen LogP) is 3.65. The molecule has 24 heavy (non-hydrogen) atoms. The van der Waals surface area contributed by atoms with Crippen molar-refractivity contribution < 1.29 is 14.3 Å². The number of amides is 1. The van der Waals surface area contributed by atoms with Gasteiger partial charge in [0.15, 0.2) is 0 Å². The lowest BCUT2D eigenvalue weighted by Gasteiger charge is -2.43. The van der Waals surface area contributed by atoms with Crippen LogP contribution in [0.3, 0.4) is 0 Å². The Morgan fingerprint density at radius 3 is 2.71 bits per heavy atom. The van der Waals surface area contributed by atoms with Gasteiger partial charge >= 0.3 is 0 Å². The number of carbonyl (C=O) groups excluding carboxylic acids is 1. The summed E-state index contributed by atoms with van der Waals surface area (Å²) in [6.07, 6.45) is 6.26. The molecule has 132 valence electrons. The summed E-state index contributed by atoms with van der Waals surface area (Å²) in [6, 6.07) is 6.60. The maximum absolute atomic E-state index is 13.8. The van der Waals surface area contributed by atoms with Crippen molar-refractivity contribution in [2.24, 2.45) is 5.92 Å². The van der Waals surface area contributed by atoms with E-state index in [1.807, 2.05) is 17.9 Å². The summed E-state index contributed by atoms with van der Waals surface area (Å²) in [5, 5.41) is 9.92. The van der Waals surface area contributed by atoms with Crippen molar-refractivity contribution in [1.82, 2.24) is 4.90 Å². The number of aliphatic hydroxyl groups is 1. The van der Waals surface area contributed by atoms with Gasteiger partial charge in [-0.2, -0.15) is 0 Å². The maximum atomic E-state index is 13.8. The Balaban J connectivity index is 1.89. The molecule has 2 atom stereocenters. The molecule has 0 aromatic heterocycles. The van der Waals surface area contributed by atoms with Crippen LogP contribution in [0.5, 0.6) is 0 Å². The van der Waals surface area contributed by atoms with Gasteiger partial charge in [0.25, 0.3) is 0 Å². The minimum Gasteiger partial charge on any atom is -0.393 e. The first-order chi connectivity index (χ1) is 11.5. The number of hydrogen-bond acceptors (Lipinski definition) is 2. The molecule has 1 saturated carbocycles. The summed E-state index contributed by atoms with van der Waals surface area (Å²) in [7, 11) is 0. The molecule has 1 heterocycles. The number of carbonyl (C=O) groups is 1. The van der Waals surface area contributed by atoms with E-state index in [2.05, 4.69) is 0 Å². The van der Waals surface area contributed by atoms with Crippen molar-refractivity contribution in [2.75, 3.05) is 13.1 Å². The minimum absolute atomic E-state index is 0.137. The molecule has 3 nitrogen and oxygen atoms in total. The molecule has 2 unspecified atom stereocenters. The predicted molar refractivity (Wildman–Crippen MR) is 92.1 cm³/mol.